The first-order valence-electron chi connectivity index (χ1n) is 5.23. The largest absolute Gasteiger partial charge is 0.326 e. The van der Waals surface area contributed by atoms with Crippen molar-refractivity contribution in [1.82, 2.24) is 4.90 Å². The molecule has 12 heavy (non-hydrogen) atoms. The van der Waals surface area contributed by atoms with Crippen LogP contribution >= 0.6 is 0 Å². The second-order valence-corrected chi connectivity index (χ2v) is 4.66. The van der Waals surface area contributed by atoms with E-state index >= 15 is 0 Å². The lowest BCUT2D eigenvalue weighted by Gasteiger charge is -2.29. The number of hydrogen-bond donors (Lipinski definition) is 1. The molecule has 2 fully saturated rings. The molecule has 1 saturated heterocycles. The maximum absolute atomic E-state index is 5.96. The van der Waals surface area contributed by atoms with Crippen LogP contribution < -0.4 is 5.73 Å². The van der Waals surface area contributed by atoms with Crippen LogP contribution in [0.3, 0.4) is 0 Å². The molecule has 1 saturated carbocycles. The van der Waals surface area contributed by atoms with E-state index in [0.29, 0.717) is 12.0 Å². The van der Waals surface area contributed by atoms with Crippen molar-refractivity contribution >= 4 is 0 Å². The highest BCUT2D eigenvalue weighted by molar-refractivity contribution is 4.86. The Kier molecular flexibility index (Phi) is 2.37. The summed E-state index contributed by atoms with van der Waals surface area (Å²) in [5.74, 6) is 1.72. The summed E-state index contributed by atoms with van der Waals surface area (Å²) >= 11 is 0. The predicted molar refractivity (Wildman–Crippen MR) is 50.9 cm³/mol. The van der Waals surface area contributed by atoms with E-state index in [4.69, 9.17) is 5.73 Å². The van der Waals surface area contributed by atoms with Gasteiger partial charge in [-0.3, -0.25) is 0 Å². The summed E-state index contributed by atoms with van der Waals surface area (Å²) in [6, 6.07) is 0.435. The molecule has 0 aromatic carbocycles. The Bertz CT molecular complexity index is 144. The second kappa shape index (κ2) is 3.35. The standard InChI is InChI=1S/C10H20N2/c1-8-5-12(7-10(8)11)6-9-3-2-4-9/h8-10H,2-7,11H2,1H3. The summed E-state index contributed by atoms with van der Waals surface area (Å²) in [5, 5.41) is 0. The highest BCUT2D eigenvalue weighted by Gasteiger charge is 2.29. The molecule has 2 N–H and O–H groups in total. The van der Waals surface area contributed by atoms with Crippen molar-refractivity contribution in [2.75, 3.05) is 19.6 Å². The van der Waals surface area contributed by atoms with Crippen molar-refractivity contribution in [1.29, 1.82) is 0 Å². The summed E-state index contributed by atoms with van der Waals surface area (Å²) in [6.07, 6.45) is 4.38. The lowest BCUT2D eigenvalue weighted by Crippen LogP contribution is -2.33. The van der Waals surface area contributed by atoms with E-state index in [-0.39, 0.29) is 0 Å². The van der Waals surface area contributed by atoms with Crippen molar-refractivity contribution in [3.8, 4) is 0 Å². The fourth-order valence-electron chi connectivity index (χ4n) is 2.28. The predicted octanol–water partition coefficient (Wildman–Crippen LogP) is 1.07. The van der Waals surface area contributed by atoms with Crippen molar-refractivity contribution < 1.29 is 0 Å². The average molecular weight is 168 g/mol. The third kappa shape index (κ3) is 1.64. The van der Waals surface area contributed by atoms with Crippen molar-refractivity contribution in [2.45, 2.75) is 32.2 Å². The molecule has 0 aromatic rings. The quantitative estimate of drug-likeness (QED) is 0.668. The summed E-state index contributed by atoms with van der Waals surface area (Å²) in [4.78, 5) is 2.55. The zero-order valence-electron chi connectivity index (χ0n) is 8.00. The van der Waals surface area contributed by atoms with Crippen LogP contribution in [0.5, 0.6) is 0 Å². The minimum Gasteiger partial charge on any atom is -0.326 e. The van der Waals surface area contributed by atoms with E-state index in [2.05, 4.69) is 11.8 Å². The molecule has 70 valence electrons. The third-order valence-corrected chi connectivity index (χ3v) is 3.49. The molecule has 1 heterocycles. The van der Waals surface area contributed by atoms with Crippen molar-refractivity contribution in [3.05, 3.63) is 0 Å². The molecule has 2 unspecified atom stereocenters. The molecule has 0 amide bonds. The molecule has 1 aliphatic heterocycles. The van der Waals surface area contributed by atoms with E-state index in [1.807, 2.05) is 0 Å². The Hall–Kier alpha value is -0.0800. The van der Waals surface area contributed by atoms with Crippen molar-refractivity contribution in [2.24, 2.45) is 17.6 Å². The Labute approximate surface area is 75.1 Å². The first-order chi connectivity index (χ1) is 5.75. The van der Waals surface area contributed by atoms with Gasteiger partial charge in [-0.15, -0.1) is 0 Å². The lowest BCUT2D eigenvalue weighted by atomic mass is 9.85. The van der Waals surface area contributed by atoms with Crippen LogP contribution in [0.15, 0.2) is 0 Å². The van der Waals surface area contributed by atoms with Crippen LogP contribution in [0.25, 0.3) is 0 Å². The minimum absolute atomic E-state index is 0.435. The topological polar surface area (TPSA) is 29.3 Å². The van der Waals surface area contributed by atoms with Gasteiger partial charge in [-0.1, -0.05) is 13.3 Å². The molecule has 0 bridgehead atoms. The van der Waals surface area contributed by atoms with E-state index in [9.17, 15) is 0 Å². The maximum Gasteiger partial charge on any atom is 0.0206 e. The number of likely N-dealkylation sites (tertiary alicyclic amines) is 1. The Morgan fingerprint density at radius 2 is 2.08 bits per heavy atom. The molecule has 1 aliphatic carbocycles. The highest BCUT2D eigenvalue weighted by Crippen LogP contribution is 2.28. The lowest BCUT2D eigenvalue weighted by molar-refractivity contribution is 0.201. The van der Waals surface area contributed by atoms with Gasteiger partial charge in [0.1, 0.15) is 0 Å². The van der Waals surface area contributed by atoms with Gasteiger partial charge in [0, 0.05) is 25.7 Å². The molecule has 2 nitrogen and oxygen atoms in total. The van der Waals surface area contributed by atoms with Crippen LogP contribution in [0.2, 0.25) is 0 Å². The summed E-state index contributed by atoms with van der Waals surface area (Å²) in [7, 11) is 0. The van der Waals surface area contributed by atoms with Gasteiger partial charge in [0.2, 0.25) is 0 Å². The van der Waals surface area contributed by atoms with Gasteiger partial charge in [0.25, 0.3) is 0 Å². The van der Waals surface area contributed by atoms with Gasteiger partial charge in [-0.2, -0.15) is 0 Å². The molecule has 0 radical (unpaired) electrons. The molecule has 0 spiro atoms. The first kappa shape index (κ1) is 8.52. The highest BCUT2D eigenvalue weighted by atomic mass is 15.2. The normalized spacial score (nSPS) is 38.5. The Morgan fingerprint density at radius 3 is 2.50 bits per heavy atom. The van der Waals surface area contributed by atoms with Crippen LogP contribution in [-0.2, 0) is 0 Å². The van der Waals surface area contributed by atoms with Crippen LogP contribution in [0, 0.1) is 11.8 Å². The minimum atomic E-state index is 0.435. The fourth-order valence-corrected chi connectivity index (χ4v) is 2.28. The third-order valence-electron chi connectivity index (χ3n) is 3.49. The molecule has 2 rings (SSSR count). The van der Waals surface area contributed by atoms with E-state index in [0.717, 1.165) is 12.5 Å². The number of rotatable bonds is 2. The van der Waals surface area contributed by atoms with Crippen LogP contribution in [-0.4, -0.2) is 30.6 Å². The molecule has 2 aliphatic rings. The van der Waals surface area contributed by atoms with Crippen molar-refractivity contribution in [3.63, 3.8) is 0 Å². The van der Waals surface area contributed by atoms with E-state index in [1.54, 1.807) is 0 Å². The molecular formula is C10H20N2. The second-order valence-electron chi connectivity index (χ2n) is 4.66. The fraction of sp³-hybridized carbons (Fsp3) is 1.00. The van der Waals surface area contributed by atoms with Gasteiger partial charge in [0.15, 0.2) is 0 Å². The molecular weight excluding hydrogens is 148 g/mol. The molecule has 0 aromatic heterocycles. The maximum atomic E-state index is 5.96. The summed E-state index contributed by atoms with van der Waals surface area (Å²) < 4.78 is 0. The number of hydrogen-bond acceptors (Lipinski definition) is 2. The average Bonchev–Trinajstić information content (AvgIpc) is 2.24. The SMILES string of the molecule is CC1CN(CC2CCC2)CC1N. The van der Waals surface area contributed by atoms with Gasteiger partial charge < -0.3 is 10.6 Å². The number of nitrogens with two attached hydrogens (primary N) is 1. The molecule has 2 heteroatoms. The van der Waals surface area contributed by atoms with Gasteiger partial charge in [0.05, 0.1) is 0 Å². The monoisotopic (exact) mass is 168 g/mol. The van der Waals surface area contributed by atoms with Gasteiger partial charge in [-0.25, -0.2) is 0 Å². The number of nitrogens with zero attached hydrogens (tertiary/aromatic N) is 1. The van der Waals surface area contributed by atoms with Gasteiger partial charge in [-0.05, 0) is 24.7 Å². The zero-order valence-corrected chi connectivity index (χ0v) is 8.00. The van der Waals surface area contributed by atoms with E-state index in [1.165, 1.54) is 32.4 Å². The Balaban J connectivity index is 1.75. The molecule has 2 atom stereocenters. The van der Waals surface area contributed by atoms with E-state index < -0.39 is 0 Å². The van der Waals surface area contributed by atoms with Crippen LogP contribution in [0.4, 0.5) is 0 Å². The Morgan fingerprint density at radius 1 is 1.33 bits per heavy atom. The summed E-state index contributed by atoms with van der Waals surface area (Å²) in [6.45, 7) is 5.96. The smallest absolute Gasteiger partial charge is 0.0206 e. The summed E-state index contributed by atoms with van der Waals surface area (Å²) in [5.41, 5.74) is 5.96. The first-order valence-corrected chi connectivity index (χ1v) is 5.23. The van der Waals surface area contributed by atoms with Crippen LogP contribution in [0.1, 0.15) is 26.2 Å². The zero-order chi connectivity index (χ0) is 8.55. The van der Waals surface area contributed by atoms with Gasteiger partial charge >= 0.3 is 0 Å².